The maximum atomic E-state index is 13.1. The van der Waals surface area contributed by atoms with Crippen molar-refractivity contribution in [2.75, 3.05) is 19.7 Å². The van der Waals surface area contributed by atoms with Crippen molar-refractivity contribution in [1.29, 1.82) is 5.41 Å². The van der Waals surface area contributed by atoms with Crippen molar-refractivity contribution >= 4 is 22.9 Å². The number of nitrogens with zero attached hydrogens (tertiary/aromatic N) is 3. The molecule has 0 amide bonds. The molecule has 1 atom stereocenters. The van der Waals surface area contributed by atoms with Gasteiger partial charge in [-0.05, 0) is 24.6 Å². The van der Waals surface area contributed by atoms with Crippen molar-refractivity contribution < 1.29 is 23.4 Å². The molecule has 0 fully saturated rings. The number of halogens is 3. The van der Waals surface area contributed by atoms with Crippen LogP contribution < -0.4 is 5.32 Å². The van der Waals surface area contributed by atoms with Gasteiger partial charge in [-0.2, -0.15) is 18.3 Å². The Morgan fingerprint density at radius 1 is 1.32 bits per heavy atom. The summed E-state index contributed by atoms with van der Waals surface area (Å²) in [6.07, 6.45) is -5.72. The molecule has 1 aliphatic heterocycles. The van der Waals surface area contributed by atoms with Crippen LogP contribution >= 0.6 is 0 Å². The highest BCUT2D eigenvalue weighted by Crippen LogP contribution is 2.26. The Hall–Kier alpha value is -2.30. The molecule has 0 bridgehead atoms. The highest BCUT2D eigenvalue weighted by Gasteiger charge is 2.45. The quantitative estimate of drug-likeness (QED) is 0.580. The fourth-order valence-corrected chi connectivity index (χ4v) is 2.16. The maximum absolute atomic E-state index is 13.1. The van der Waals surface area contributed by atoms with E-state index in [0.717, 1.165) is 5.01 Å². The van der Waals surface area contributed by atoms with E-state index < -0.39 is 29.7 Å². The van der Waals surface area contributed by atoms with Crippen LogP contribution in [0, 0.1) is 5.41 Å². The van der Waals surface area contributed by atoms with Crippen molar-refractivity contribution in [1.82, 2.24) is 10.3 Å². The van der Waals surface area contributed by atoms with Crippen LogP contribution in [-0.4, -0.2) is 58.4 Å². The van der Waals surface area contributed by atoms with Crippen molar-refractivity contribution in [3.05, 3.63) is 29.8 Å². The molecule has 0 radical (unpaired) electrons. The van der Waals surface area contributed by atoms with Crippen molar-refractivity contribution in [3.8, 4) is 0 Å². The summed E-state index contributed by atoms with van der Waals surface area (Å²) >= 11 is 0. The van der Waals surface area contributed by atoms with E-state index in [1.54, 1.807) is 6.92 Å². The van der Waals surface area contributed by atoms with Gasteiger partial charge in [0, 0.05) is 13.1 Å². The summed E-state index contributed by atoms with van der Waals surface area (Å²) in [5.74, 6) is -0.413. The van der Waals surface area contributed by atoms with Gasteiger partial charge in [0.15, 0.2) is 11.5 Å². The van der Waals surface area contributed by atoms with Crippen LogP contribution in [-0.2, 0) is 0 Å². The molecule has 2 rings (SSSR count). The third kappa shape index (κ3) is 4.41. The second kappa shape index (κ2) is 7.72. The number of amidine groups is 1. The topological polar surface area (TPSA) is 104 Å². The average molecular weight is 357 g/mol. The number of hydrazone groups is 1. The molecule has 0 saturated carbocycles. The van der Waals surface area contributed by atoms with Gasteiger partial charge in [0.2, 0.25) is 0 Å². The number of hydrogen-bond acceptors (Lipinski definition) is 6. The van der Waals surface area contributed by atoms with Gasteiger partial charge in [-0.15, -0.1) is 0 Å². The second-order valence-corrected chi connectivity index (χ2v) is 5.14. The number of aliphatic imine (C=N–C) groups is 1. The van der Waals surface area contributed by atoms with Gasteiger partial charge in [0.25, 0.3) is 0 Å². The molecular formula is C15H18F3N5O2. The highest BCUT2D eigenvalue weighted by molar-refractivity contribution is 6.70. The first-order valence-corrected chi connectivity index (χ1v) is 7.51. The van der Waals surface area contributed by atoms with Crippen LogP contribution in [0.2, 0.25) is 0 Å². The SMILES string of the molecule is CCN1N=C(C(F)(F)F)C(=Nc2ccc(C(O)NCCO)cc2)C1=N. The number of benzene rings is 1. The molecule has 0 aliphatic carbocycles. The second-order valence-electron chi connectivity index (χ2n) is 5.14. The van der Waals surface area contributed by atoms with Crippen LogP contribution in [0.15, 0.2) is 34.4 Å². The number of rotatable bonds is 6. The van der Waals surface area contributed by atoms with E-state index in [0.29, 0.717) is 5.56 Å². The van der Waals surface area contributed by atoms with Crippen LogP contribution in [0.1, 0.15) is 18.7 Å². The smallest absolute Gasteiger partial charge is 0.395 e. The van der Waals surface area contributed by atoms with Gasteiger partial charge in [0.1, 0.15) is 11.9 Å². The summed E-state index contributed by atoms with van der Waals surface area (Å²) in [4.78, 5) is 3.91. The van der Waals surface area contributed by atoms with E-state index in [2.05, 4.69) is 15.4 Å². The first-order chi connectivity index (χ1) is 11.8. The summed E-state index contributed by atoms with van der Waals surface area (Å²) in [6.45, 7) is 1.77. The van der Waals surface area contributed by atoms with Crippen LogP contribution in [0.4, 0.5) is 18.9 Å². The maximum Gasteiger partial charge on any atom is 0.437 e. The number of hydrogen-bond donors (Lipinski definition) is 4. The summed E-state index contributed by atoms with van der Waals surface area (Å²) in [5, 5.41) is 33.3. The third-order valence-electron chi connectivity index (χ3n) is 3.39. The predicted octanol–water partition coefficient (Wildman–Crippen LogP) is 1.56. The molecule has 0 aromatic heterocycles. The predicted molar refractivity (Wildman–Crippen MR) is 87.2 cm³/mol. The molecular weight excluding hydrogens is 339 g/mol. The minimum Gasteiger partial charge on any atom is -0.395 e. The van der Waals surface area contributed by atoms with Gasteiger partial charge in [-0.1, -0.05) is 12.1 Å². The summed E-state index contributed by atoms with van der Waals surface area (Å²) in [6, 6.07) is 5.86. The summed E-state index contributed by atoms with van der Waals surface area (Å²) in [7, 11) is 0. The zero-order valence-corrected chi connectivity index (χ0v) is 13.4. The van der Waals surface area contributed by atoms with Crippen molar-refractivity contribution in [3.63, 3.8) is 0 Å². The molecule has 7 nitrogen and oxygen atoms in total. The van der Waals surface area contributed by atoms with Crippen molar-refractivity contribution in [2.45, 2.75) is 19.3 Å². The molecule has 1 aromatic rings. The Morgan fingerprint density at radius 3 is 2.48 bits per heavy atom. The normalized spacial score (nSPS) is 18.0. The van der Waals surface area contributed by atoms with E-state index in [1.165, 1.54) is 24.3 Å². The molecule has 1 aromatic carbocycles. The third-order valence-corrected chi connectivity index (χ3v) is 3.39. The molecule has 1 aliphatic rings. The molecule has 0 saturated heterocycles. The summed E-state index contributed by atoms with van der Waals surface area (Å²) in [5.41, 5.74) is -1.07. The minimum atomic E-state index is -4.71. The average Bonchev–Trinajstić information content (AvgIpc) is 2.89. The molecule has 1 unspecified atom stereocenters. The van der Waals surface area contributed by atoms with E-state index in [1.807, 2.05) is 0 Å². The number of nitrogens with one attached hydrogen (secondary N) is 2. The molecule has 25 heavy (non-hydrogen) atoms. The lowest BCUT2D eigenvalue weighted by Gasteiger charge is -2.12. The Bertz CT molecular complexity index is 685. The summed E-state index contributed by atoms with van der Waals surface area (Å²) < 4.78 is 39.3. The van der Waals surface area contributed by atoms with E-state index in [4.69, 9.17) is 10.5 Å². The molecule has 1 heterocycles. The minimum absolute atomic E-state index is 0.124. The molecule has 10 heteroatoms. The lowest BCUT2D eigenvalue weighted by molar-refractivity contribution is -0.0570. The zero-order valence-electron chi connectivity index (χ0n) is 13.4. The molecule has 136 valence electrons. The Labute approximate surface area is 142 Å². The van der Waals surface area contributed by atoms with Gasteiger partial charge in [-0.25, -0.2) is 10.0 Å². The molecule has 4 N–H and O–H groups in total. The Morgan fingerprint density at radius 2 is 1.96 bits per heavy atom. The number of aliphatic hydroxyl groups excluding tert-OH is 2. The number of aliphatic hydroxyl groups is 2. The van der Waals surface area contributed by atoms with Crippen LogP contribution in [0.25, 0.3) is 0 Å². The standard InChI is InChI=1S/C15H18F3N5O2/c1-2-23-13(19)11(12(22-23)15(16,17)18)21-10-5-3-9(4-6-10)14(25)20-7-8-24/h3-6,14,19-20,24-25H,2,7-8H2,1H3. The largest absolute Gasteiger partial charge is 0.437 e. The van der Waals surface area contributed by atoms with Gasteiger partial charge < -0.3 is 10.2 Å². The monoisotopic (exact) mass is 357 g/mol. The Kier molecular flexibility index (Phi) is 5.88. The lowest BCUT2D eigenvalue weighted by atomic mass is 10.1. The lowest BCUT2D eigenvalue weighted by Crippen LogP contribution is -2.33. The Balaban J connectivity index is 2.26. The van der Waals surface area contributed by atoms with Gasteiger partial charge >= 0.3 is 6.18 Å². The van der Waals surface area contributed by atoms with Gasteiger partial charge in [-0.3, -0.25) is 10.7 Å². The fourth-order valence-electron chi connectivity index (χ4n) is 2.16. The van der Waals surface area contributed by atoms with Crippen molar-refractivity contribution in [2.24, 2.45) is 10.1 Å². The van der Waals surface area contributed by atoms with Gasteiger partial charge in [0.05, 0.1) is 12.3 Å². The zero-order chi connectivity index (χ0) is 18.6. The molecule has 0 spiro atoms. The van der Waals surface area contributed by atoms with E-state index >= 15 is 0 Å². The number of alkyl halides is 3. The first-order valence-electron chi connectivity index (χ1n) is 7.51. The highest BCUT2D eigenvalue weighted by atomic mass is 19.4. The van der Waals surface area contributed by atoms with Crippen LogP contribution in [0.3, 0.4) is 0 Å². The first kappa shape index (κ1) is 19.0. The fraction of sp³-hybridized carbons (Fsp3) is 0.400. The van der Waals surface area contributed by atoms with E-state index in [-0.39, 0.29) is 25.4 Å². The van der Waals surface area contributed by atoms with E-state index in [9.17, 15) is 18.3 Å². The van der Waals surface area contributed by atoms with Crippen LogP contribution in [0.5, 0.6) is 0 Å².